The van der Waals surface area contributed by atoms with Crippen LogP contribution in [-0.2, 0) is 96.0 Å². The number of carbonyl (C=O) groups excluding carboxylic acids is 15. The summed E-state index contributed by atoms with van der Waals surface area (Å²) in [4.78, 5) is 247. The number of aliphatic imine (C=N–C) groups is 1. The number of hydrogen-bond acceptors (Lipinski definition) is 25. The number of imidazole rings is 3. The standard InChI is InChI=1S/C69H110N26O20/c1-34(2)18-42(58(104)87-44(20-36-25-76-31-80-36)59(105)84-41(68(114)115)11-7-15-79-69(74)75)86-56(102)40(10-5-6-14-70)83-57(103)43(19-35(3)4)89-64(110)51-12-8-17-95(51)67(113)48(24-54(73)100)91-65(111)52-13-9-16-94(52)66(112)47(22-38-27-78-33-82-38)90-63(109)50(30-98)92-60(106)45(21-37-26-77-32-81-37)88-62(108)49(29-97)93-61(107)46(23-53(72)99)85-55(101)39(71)28-96/h25-27,31-35,39-52,96-98H,5-24,28-30,70-71H2,1-4H3,(H2,72,99)(H2,73,100)(H,76,80)(H,77,81)(H,78,82)(H,83,103)(H,84,105)(H,85,101)(H,86,102)(H,87,104)(H,88,108)(H,89,110)(H,90,109)(H,91,111)(H,92,106)(H,93,107)(H,114,115)(H4,74,75,79)/t39-,40-,41-,42-,43-,44-,45-,46-,47-,48-,49-,50-,51-,52-/m0/s1. The van der Waals surface area contributed by atoms with Gasteiger partial charge in [0.15, 0.2) is 5.96 Å². The summed E-state index contributed by atoms with van der Waals surface area (Å²) in [6.45, 7) is 4.01. The predicted octanol–water partition coefficient (Wildman–Crippen LogP) is -10.4. The van der Waals surface area contributed by atoms with Gasteiger partial charge in [-0.25, -0.2) is 19.7 Å². The fourth-order valence-electron chi connectivity index (χ4n) is 12.7. The lowest BCUT2D eigenvalue weighted by Gasteiger charge is -2.32. The van der Waals surface area contributed by atoms with Gasteiger partial charge in [-0.1, -0.05) is 27.7 Å². The Bertz CT molecular complexity index is 3800. The molecular formula is C69H110N26O20. The number of aliphatic carboxylic acids is 1. The summed E-state index contributed by atoms with van der Waals surface area (Å²) in [5.74, 6) is -17.1. The highest BCUT2D eigenvalue weighted by atomic mass is 16.4. The molecule has 2 saturated heterocycles. The Morgan fingerprint density at radius 3 is 1.23 bits per heavy atom. The molecule has 2 fully saturated rings. The molecule has 5 rings (SSSR count). The van der Waals surface area contributed by atoms with Gasteiger partial charge in [-0.3, -0.25) is 76.9 Å². The number of primary amides is 2. The van der Waals surface area contributed by atoms with Crippen molar-refractivity contribution in [2.24, 2.45) is 51.2 Å². The van der Waals surface area contributed by atoms with E-state index < -0.39 is 218 Å². The number of unbranched alkanes of at least 4 members (excludes halogenated alkanes) is 1. The first-order valence-corrected chi connectivity index (χ1v) is 37.6. The largest absolute Gasteiger partial charge is 0.480 e. The average Bonchev–Trinajstić information content (AvgIpc) is 1.70. The van der Waals surface area contributed by atoms with E-state index >= 15 is 0 Å². The molecule has 115 heavy (non-hydrogen) atoms. The molecule has 0 aliphatic carbocycles. The Hall–Kier alpha value is -11.8. The first-order chi connectivity index (χ1) is 54.6. The number of aromatic nitrogens is 6. The van der Waals surface area contributed by atoms with E-state index in [1.807, 2.05) is 0 Å². The van der Waals surface area contributed by atoms with Crippen molar-refractivity contribution in [3.05, 3.63) is 54.7 Å². The molecule has 0 spiro atoms. The third-order valence-electron chi connectivity index (χ3n) is 18.5. The predicted molar refractivity (Wildman–Crippen MR) is 404 cm³/mol. The maximum Gasteiger partial charge on any atom is 0.326 e. The van der Waals surface area contributed by atoms with Gasteiger partial charge in [0.2, 0.25) is 88.6 Å². The van der Waals surface area contributed by atoms with Gasteiger partial charge >= 0.3 is 5.97 Å². The molecule has 2 aliphatic rings. The molecule has 0 bridgehead atoms. The van der Waals surface area contributed by atoms with Gasteiger partial charge in [0.1, 0.15) is 84.6 Å². The fourth-order valence-corrected chi connectivity index (χ4v) is 12.7. The first kappa shape index (κ1) is 93.8. The minimum atomic E-state index is -1.90. The first-order valence-electron chi connectivity index (χ1n) is 37.6. The molecular weight excluding hydrogens is 1510 g/mol. The third kappa shape index (κ3) is 30.6. The van der Waals surface area contributed by atoms with E-state index in [9.17, 15) is 97.1 Å². The molecule has 0 saturated carbocycles. The number of aromatic amines is 3. The van der Waals surface area contributed by atoms with Crippen LogP contribution < -0.4 is 92.9 Å². The Balaban J connectivity index is 1.31. The normalized spacial score (nSPS) is 17.0. The molecule has 46 nitrogen and oxygen atoms in total. The van der Waals surface area contributed by atoms with E-state index in [0.717, 1.165) is 9.80 Å². The molecule has 46 heteroatoms. The highest BCUT2D eigenvalue weighted by Crippen LogP contribution is 2.24. The van der Waals surface area contributed by atoms with Crippen LogP contribution >= 0.6 is 0 Å². The van der Waals surface area contributed by atoms with Crippen molar-refractivity contribution in [1.82, 2.24) is 98.2 Å². The topological polar surface area (TPSA) is 747 Å². The molecule has 14 atom stereocenters. The van der Waals surface area contributed by atoms with E-state index in [2.05, 4.69) is 93.4 Å². The molecule has 3 aromatic rings. The number of likely N-dealkylation sites (tertiary alicyclic amines) is 2. The minimum absolute atomic E-state index is 0.0108. The zero-order chi connectivity index (χ0) is 85.2. The Kier molecular flexibility index (Phi) is 38.4. The van der Waals surface area contributed by atoms with Crippen LogP contribution in [0.3, 0.4) is 0 Å². The van der Waals surface area contributed by atoms with Gasteiger partial charge < -0.3 is 138 Å². The smallest absolute Gasteiger partial charge is 0.326 e. The summed E-state index contributed by atoms with van der Waals surface area (Å²) < 4.78 is 0. The van der Waals surface area contributed by atoms with Crippen molar-refractivity contribution in [2.45, 2.75) is 215 Å². The molecule has 15 amide bonds. The number of carbonyl (C=O) groups is 16. The number of guanidine groups is 1. The second-order valence-corrected chi connectivity index (χ2v) is 28.7. The molecule has 0 unspecified atom stereocenters. The maximum absolute atomic E-state index is 14.9. The zero-order valence-corrected chi connectivity index (χ0v) is 64.4. The summed E-state index contributed by atoms with van der Waals surface area (Å²) in [6, 6.07) is -21.7. The number of rotatable bonds is 50. The van der Waals surface area contributed by atoms with Gasteiger partial charge in [0.05, 0.1) is 51.6 Å². The van der Waals surface area contributed by atoms with E-state index in [1.165, 1.54) is 37.6 Å². The number of nitrogens with two attached hydrogens (primary N) is 6. The van der Waals surface area contributed by atoms with Gasteiger partial charge in [-0.05, 0) is 89.0 Å². The Morgan fingerprint density at radius 1 is 0.452 bits per heavy atom. The van der Waals surface area contributed by atoms with Crippen LogP contribution in [0.4, 0.5) is 0 Å². The summed E-state index contributed by atoms with van der Waals surface area (Å²) in [5.41, 5.74) is 34.0. The minimum Gasteiger partial charge on any atom is -0.480 e. The van der Waals surface area contributed by atoms with E-state index in [4.69, 9.17) is 34.4 Å². The Labute approximate surface area is 660 Å². The summed E-state index contributed by atoms with van der Waals surface area (Å²) in [7, 11) is 0. The lowest BCUT2D eigenvalue weighted by Crippen LogP contribution is -2.62. The lowest BCUT2D eigenvalue weighted by molar-refractivity contribution is -0.145. The number of aliphatic hydroxyl groups is 3. The highest BCUT2D eigenvalue weighted by molar-refractivity contribution is 6.01. The number of carboxylic acid groups (broad SMARTS) is 1. The summed E-state index contributed by atoms with van der Waals surface area (Å²) >= 11 is 0. The number of amides is 15. The summed E-state index contributed by atoms with van der Waals surface area (Å²) in [6.07, 6.45) is 6.44. The SMILES string of the molecule is CC(C)C[C@H](NC(=O)[C@H](CCCCN)NC(=O)[C@H](CC(C)C)NC(=O)[C@@H]1CCCN1C(=O)[C@H](CC(N)=O)NC(=O)[C@@H]1CCCN1C(=O)[C@H](Cc1cnc[nH]1)NC(=O)[C@H](CO)NC(=O)[C@H](Cc1cnc[nH]1)NC(=O)[C@H](CO)NC(=O)[C@H](CC(N)=O)NC(=O)[C@@H](N)CO)C(=O)N[C@@H](Cc1cnc[nH]1)C(=O)N[C@@H](CCCN=C(N)N)C(=O)O. The fraction of sp³-hybridized carbons (Fsp3) is 0.623. The number of nitrogens with one attached hydrogen (secondary N) is 14. The van der Waals surface area contributed by atoms with Gasteiger partial charge in [0.25, 0.3) is 0 Å². The van der Waals surface area contributed by atoms with Crippen LogP contribution in [0.5, 0.6) is 0 Å². The number of hydrogen-bond donors (Lipinski definition) is 24. The van der Waals surface area contributed by atoms with E-state index in [1.54, 1.807) is 27.7 Å². The molecule has 2 aliphatic heterocycles. The van der Waals surface area contributed by atoms with Crippen LogP contribution in [-0.4, -0.2) is 291 Å². The second-order valence-electron chi connectivity index (χ2n) is 28.7. The van der Waals surface area contributed by atoms with Crippen molar-refractivity contribution in [3.8, 4) is 0 Å². The van der Waals surface area contributed by atoms with Crippen molar-refractivity contribution in [3.63, 3.8) is 0 Å². The number of carboxylic acids is 1. The number of aliphatic hydroxyl groups excluding tert-OH is 3. The van der Waals surface area contributed by atoms with Crippen molar-refractivity contribution in [1.29, 1.82) is 0 Å². The van der Waals surface area contributed by atoms with Crippen LogP contribution in [0.2, 0.25) is 0 Å². The van der Waals surface area contributed by atoms with E-state index in [-0.39, 0.29) is 126 Å². The van der Waals surface area contributed by atoms with Gasteiger partial charge in [-0.2, -0.15) is 0 Å². The highest BCUT2D eigenvalue weighted by Gasteiger charge is 2.45. The van der Waals surface area contributed by atoms with Crippen LogP contribution in [0.15, 0.2) is 42.6 Å². The maximum atomic E-state index is 14.9. The second kappa shape index (κ2) is 47.0. The van der Waals surface area contributed by atoms with Gasteiger partial charge in [0, 0.05) is 74.6 Å². The molecule has 5 heterocycles. The third-order valence-corrected chi connectivity index (χ3v) is 18.5. The zero-order valence-electron chi connectivity index (χ0n) is 64.4. The number of H-pyrrole nitrogens is 3. The molecule has 0 aromatic carbocycles. The van der Waals surface area contributed by atoms with Gasteiger partial charge in [-0.15, -0.1) is 0 Å². The van der Waals surface area contributed by atoms with Crippen molar-refractivity contribution < 1.29 is 97.1 Å². The average molecular weight is 1620 g/mol. The molecule has 3 aromatic heterocycles. The van der Waals surface area contributed by atoms with Crippen molar-refractivity contribution in [2.75, 3.05) is 46.0 Å². The van der Waals surface area contributed by atoms with Crippen LogP contribution in [0, 0.1) is 11.8 Å². The Morgan fingerprint density at radius 2 is 0.809 bits per heavy atom. The monoisotopic (exact) mass is 1620 g/mol. The van der Waals surface area contributed by atoms with Crippen molar-refractivity contribution >= 4 is 101 Å². The molecule has 0 radical (unpaired) electrons. The molecule has 30 N–H and O–H groups in total. The van der Waals surface area contributed by atoms with Crippen LogP contribution in [0.1, 0.15) is 128 Å². The summed E-state index contributed by atoms with van der Waals surface area (Å²) in [5, 5.41) is 67.4. The molecule has 636 valence electrons. The van der Waals surface area contributed by atoms with E-state index in [0.29, 0.717) is 18.5 Å². The lowest BCUT2D eigenvalue weighted by atomic mass is 9.99. The quantitative estimate of drug-likeness (QED) is 0.0142. The van der Waals surface area contributed by atoms with Crippen LogP contribution in [0.25, 0.3) is 0 Å². The number of nitrogens with zero attached hydrogens (tertiary/aromatic N) is 6.